The topological polar surface area (TPSA) is 107 Å². The van der Waals surface area contributed by atoms with Gasteiger partial charge in [-0.2, -0.15) is 0 Å². The summed E-state index contributed by atoms with van der Waals surface area (Å²) in [6, 6.07) is 15.8. The Bertz CT molecular complexity index is 1770. The zero-order valence-corrected chi connectivity index (χ0v) is 19.5. The van der Waals surface area contributed by atoms with Gasteiger partial charge in [0, 0.05) is 12.1 Å². The molecule has 1 aliphatic heterocycles. The Balaban J connectivity index is 1.65. The van der Waals surface area contributed by atoms with Crippen LogP contribution in [0.5, 0.6) is 0 Å². The molecule has 0 saturated carbocycles. The Morgan fingerprint density at radius 2 is 1.86 bits per heavy atom. The summed E-state index contributed by atoms with van der Waals surface area (Å²) in [7, 11) is 0. The van der Waals surface area contributed by atoms with Gasteiger partial charge in [-0.15, -0.1) is 0 Å². The van der Waals surface area contributed by atoms with E-state index in [1.54, 1.807) is 36.4 Å². The van der Waals surface area contributed by atoms with Crippen molar-refractivity contribution in [2.75, 3.05) is 4.90 Å². The van der Waals surface area contributed by atoms with Crippen LogP contribution in [0.1, 0.15) is 38.9 Å². The molecule has 8 nitrogen and oxygen atoms in total. The number of nitro benzene ring substituents is 1. The van der Waals surface area contributed by atoms with Crippen molar-refractivity contribution in [2.24, 2.45) is 0 Å². The third-order valence-electron chi connectivity index (χ3n) is 6.20. The molecule has 35 heavy (non-hydrogen) atoms. The van der Waals surface area contributed by atoms with E-state index < -0.39 is 16.9 Å². The van der Waals surface area contributed by atoms with Crippen molar-refractivity contribution in [3.8, 4) is 0 Å². The lowest BCUT2D eigenvalue weighted by Crippen LogP contribution is -2.29. The fourth-order valence-corrected chi connectivity index (χ4v) is 5.87. The molecule has 0 radical (unpaired) electrons. The molecule has 0 fully saturated rings. The molecule has 0 spiro atoms. The summed E-state index contributed by atoms with van der Waals surface area (Å²) in [4.78, 5) is 44.5. The molecule has 2 aromatic heterocycles. The number of hydrogen-bond acceptors (Lipinski definition) is 7. The van der Waals surface area contributed by atoms with Gasteiger partial charge >= 0.3 is 0 Å². The SMILES string of the molecule is Cc1cc(C)c2nc(N3C(=O)c4oc5ccccc5c(=O)c4[C@H]3c3cccc([N+](=O)[O-])c3)sc2c1. The van der Waals surface area contributed by atoms with E-state index in [1.165, 1.54) is 28.4 Å². The first kappa shape index (κ1) is 21.2. The van der Waals surface area contributed by atoms with Gasteiger partial charge in [-0.3, -0.25) is 24.6 Å². The number of carbonyl (C=O) groups is 1. The number of non-ortho nitro benzene ring substituents is 1. The van der Waals surface area contributed by atoms with Crippen molar-refractivity contribution >= 4 is 49.2 Å². The number of benzene rings is 3. The molecule has 172 valence electrons. The molecule has 1 amide bonds. The van der Waals surface area contributed by atoms with Gasteiger partial charge in [0.25, 0.3) is 11.6 Å². The Hall–Kier alpha value is -4.37. The van der Waals surface area contributed by atoms with Crippen LogP contribution in [0.4, 0.5) is 10.8 Å². The van der Waals surface area contributed by atoms with E-state index in [9.17, 15) is 19.7 Å². The maximum absolute atomic E-state index is 13.8. The van der Waals surface area contributed by atoms with E-state index in [1.807, 2.05) is 26.0 Å². The maximum atomic E-state index is 13.8. The number of carbonyl (C=O) groups excluding carboxylic acids is 1. The molecular weight excluding hydrogens is 466 g/mol. The predicted octanol–water partition coefficient (Wildman–Crippen LogP) is 5.68. The van der Waals surface area contributed by atoms with E-state index in [0.717, 1.165) is 21.3 Å². The molecule has 5 aromatic rings. The lowest BCUT2D eigenvalue weighted by molar-refractivity contribution is -0.384. The van der Waals surface area contributed by atoms with Gasteiger partial charge < -0.3 is 4.42 Å². The van der Waals surface area contributed by atoms with Gasteiger partial charge in [0.1, 0.15) is 5.58 Å². The average Bonchev–Trinajstić information content (AvgIpc) is 3.38. The van der Waals surface area contributed by atoms with Crippen LogP contribution in [-0.4, -0.2) is 15.8 Å². The summed E-state index contributed by atoms with van der Waals surface area (Å²) in [6.07, 6.45) is 0. The van der Waals surface area contributed by atoms with Crippen LogP contribution < -0.4 is 10.3 Å². The molecule has 6 rings (SSSR count). The fourth-order valence-electron chi connectivity index (χ4n) is 4.70. The van der Waals surface area contributed by atoms with E-state index in [-0.39, 0.29) is 22.4 Å². The normalized spacial score (nSPS) is 15.2. The molecule has 0 aliphatic carbocycles. The smallest absolute Gasteiger partial charge is 0.297 e. The second-order valence-corrected chi connectivity index (χ2v) is 9.53. The Labute approximate surface area is 202 Å². The number of anilines is 1. The number of aromatic nitrogens is 1. The summed E-state index contributed by atoms with van der Waals surface area (Å²) in [5.74, 6) is -0.579. The van der Waals surface area contributed by atoms with Crippen molar-refractivity contribution in [1.29, 1.82) is 0 Å². The van der Waals surface area contributed by atoms with Crippen LogP contribution in [0.25, 0.3) is 21.2 Å². The van der Waals surface area contributed by atoms with Crippen molar-refractivity contribution in [2.45, 2.75) is 19.9 Å². The summed E-state index contributed by atoms with van der Waals surface area (Å²) in [5.41, 5.74) is 3.22. The molecule has 1 atom stereocenters. The van der Waals surface area contributed by atoms with Crippen LogP contribution >= 0.6 is 11.3 Å². The number of hydrogen-bond donors (Lipinski definition) is 0. The van der Waals surface area contributed by atoms with Crippen LogP contribution in [-0.2, 0) is 0 Å². The number of fused-ring (bicyclic) bond motifs is 3. The number of thiazole rings is 1. The van der Waals surface area contributed by atoms with Crippen LogP contribution in [0.15, 0.2) is 69.9 Å². The maximum Gasteiger partial charge on any atom is 0.297 e. The highest BCUT2D eigenvalue weighted by Gasteiger charge is 2.45. The standard InChI is InChI=1S/C26H17N3O5S/c1-13-10-14(2)21-19(11-13)35-26(27-21)28-22(15-6-5-7-16(12-15)29(32)33)20-23(30)17-8-3-4-9-18(17)34-24(20)25(28)31/h3-12,22H,1-2H3/t22-/m1/s1. The van der Waals surface area contributed by atoms with E-state index in [0.29, 0.717) is 21.7 Å². The van der Waals surface area contributed by atoms with Gasteiger partial charge in [-0.1, -0.05) is 41.7 Å². The first-order valence-electron chi connectivity index (χ1n) is 10.8. The minimum Gasteiger partial charge on any atom is -0.450 e. The minimum absolute atomic E-state index is 0.0719. The minimum atomic E-state index is -0.916. The van der Waals surface area contributed by atoms with Crippen molar-refractivity contribution in [3.05, 3.63) is 109 Å². The largest absolute Gasteiger partial charge is 0.450 e. The molecular formula is C26H17N3O5S. The quantitative estimate of drug-likeness (QED) is 0.241. The second kappa shape index (κ2) is 7.57. The Morgan fingerprint density at radius 1 is 1.06 bits per heavy atom. The van der Waals surface area contributed by atoms with Gasteiger partial charge in [0.2, 0.25) is 5.76 Å². The molecule has 3 aromatic carbocycles. The highest BCUT2D eigenvalue weighted by Crippen LogP contribution is 2.44. The van der Waals surface area contributed by atoms with Crippen molar-refractivity contribution in [3.63, 3.8) is 0 Å². The third kappa shape index (κ3) is 3.16. The van der Waals surface area contributed by atoms with Crippen LogP contribution in [0.3, 0.4) is 0 Å². The first-order chi connectivity index (χ1) is 16.8. The number of aryl methyl sites for hydroxylation is 2. The van der Waals surface area contributed by atoms with Gasteiger partial charge in [-0.25, -0.2) is 4.98 Å². The molecule has 0 saturated heterocycles. The zero-order valence-electron chi connectivity index (χ0n) is 18.6. The number of para-hydroxylation sites is 1. The van der Waals surface area contributed by atoms with E-state index in [4.69, 9.17) is 9.40 Å². The molecule has 0 unspecified atom stereocenters. The zero-order chi connectivity index (χ0) is 24.4. The fraction of sp³-hybridized carbons (Fsp3) is 0.115. The van der Waals surface area contributed by atoms with Gasteiger partial charge in [-0.05, 0) is 48.7 Å². The lowest BCUT2D eigenvalue weighted by atomic mass is 9.98. The highest BCUT2D eigenvalue weighted by molar-refractivity contribution is 7.22. The molecule has 9 heteroatoms. The molecule has 3 heterocycles. The first-order valence-corrected chi connectivity index (χ1v) is 11.7. The van der Waals surface area contributed by atoms with Crippen LogP contribution in [0, 0.1) is 24.0 Å². The van der Waals surface area contributed by atoms with Crippen molar-refractivity contribution < 1.29 is 14.1 Å². The predicted molar refractivity (Wildman–Crippen MR) is 133 cm³/mol. The van der Waals surface area contributed by atoms with E-state index in [2.05, 4.69) is 0 Å². The Morgan fingerprint density at radius 3 is 2.66 bits per heavy atom. The summed E-state index contributed by atoms with van der Waals surface area (Å²) in [5, 5.41) is 12.2. The van der Waals surface area contributed by atoms with Gasteiger partial charge in [0.15, 0.2) is 10.6 Å². The summed E-state index contributed by atoms with van der Waals surface area (Å²) >= 11 is 1.33. The summed E-state index contributed by atoms with van der Waals surface area (Å²) in [6.45, 7) is 3.94. The number of nitrogens with zero attached hydrogens (tertiary/aromatic N) is 3. The van der Waals surface area contributed by atoms with Gasteiger partial charge in [0.05, 0.1) is 32.1 Å². The van der Waals surface area contributed by atoms with Crippen LogP contribution in [0.2, 0.25) is 0 Å². The second-order valence-electron chi connectivity index (χ2n) is 8.52. The lowest BCUT2D eigenvalue weighted by Gasteiger charge is -2.22. The Kier molecular flexibility index (Phi) is 4.58. The number of amides is 1. The summed E-state index contributed by atoms with van der Waals surface area (Å²) < 4.78 is 6.85. The number of nitro groups is 1. The molecule has 0 bridgehead atoms. The third-order valence-corrected chi connectivity index (χ3v) is 7.20. The molecule has 1 aliphatic rings. The monoisotopic (exact) mass is 483 g/mol. The highest BCUT2D eigenvalue weighted by atomic mass is 32.1. The van der Waals surface area contributed by atoms with E-state index >= 15 is 0 Å². The molecule has 0 N–H and O–H groups in total. The van der Waals surface area contributed by atoms with Crippen molar-refractivity contribution in [1.82, 2.24) is 4.98 Å². The number of rotatable bonds is 3. The average molecular weight is 484 g/mol.